The number of nitrogens with zero attached hydrogens (tertiary/aromatic N) is 1. The fourth-order valence-electron chi connectivity index (χ4n) is 2.43. The number of amides is 1. The van der Waals surface area contributed by atoms with Gasteiger partial charge in [-0.1, -0.05) is 30.4 Å². The van der Waals surface area contributed by atoms with Gasteiger partial charge >= 0.3 is 0 Å². The van der Waals surface area contributed by atoms with E-state index in [1.54, 1.807) is 25.3 Å². The van der Waals surface area contributed by atoms with Crippen LogP contribution in [-0.2, 0) is 0 Å². The minimum atomic E-state index is -0.268. The zero-order valence-electron chi connectivity index (χ0n) is 13.3. The lowest BCUT2D eigenvalue weighted by Gasteiger charge is -2.22. The molecule has 1 aliphatic carbocycles. The van der Waals surface area contributed by atoms with Crippen molar-refractivity contribution in [2.45, 2.75) is 26.7 Å². The maximum atomic E-state index is 12.3. The van der Waals surface area contributed by atoms with Gasteiger partial charge in [-0.2, -0.15) is 5.10 Å². The first kappa shape index (κ1) is 16.0. The third-order valence-electron chi connectivity index (χ3n) is 3.94. The number of carbonyl (C=O) groups excluding carboxylic acids is 1. The third kappa shape index (κ3) is 3.64. The summed E-state index contributed by atoms with van der Waals surface area (Å²) in [5.74, 6) is 0.664. The Morgan fingerprint density at radius 3 is 2.82 bits per heavy atom. The van der Waals surface area contributed by atoms with E-state index in [0.717, 1.165) is 29.7 Å². The van der Waals surface area contributed by atoms with Gasteiger partial charge in [-0.3, -0.25) is 4.79 Å². The zero-order chi connectivity index (χ0) is 16.1. The van der Waals surface area contributed by atoms with Crippen LogP contribution in [0.3, 0.4) is 0 Å². The van der Waals surface area contributed by atoms with Crippen LogP contribution in [0.25, 0.3) is 0 Å². The molecule has 2 rings (SSSR count). The minimum Gasteiger partial charge on any atom is -0.496 e. The van der Waals surface area contributed by atoms with Crippen LogP contribution in [-0.4, -0.2) is 18.7 Å². The Bertz CT molecular complexity index is 644. The summed E-state index contributed by atoms with van der Waals surface area (Å²) >= 11 is 0. The van der Waals surface area contributed by atoms with Crippen molar-refractivity contribution in [2.75, 3.05) is 7.11 Å². The quantitative estimate of drug-likeness (QED) is 0.680. The average molecular weight is 298 g/mol. The van der Waals surface area contributed by atoms with Crippen LogP contribution in [0, 0.1) is 5.92 Å². The van der Waals surface area contributed by atoms with E-state index in [-0.39, 0.29) is 5.91 Å². The first-order valence-corrected chi connectivity index (χ1v) is 7.35. The van der Waals surface area contributed by atoms with Gasteiger partial charge in [-0.05, 0) is 50.3 Å². The molecule has 1 aromatic rings. The summed E-state index contributed by atoms with van der Waals surface area (Å²) in [4.78, 5) is 12.3. The molecule has 1 amide bonds. The van der Waals surface area contributed by atoms with Crippen molar-refractivity contribution in [3.63, 3.8) is 0 Å². The van der Waals surface area contributed by atoms with Crippen LogP contribution >= 0.6 is 0 Å². The molecule has 22 heavy (non-hydrogen) atoms. The number of benzene rings is 1. The summed E-state index contributed by atoms with van der Waals surface area (Å²) in [6, 6.07) is 7.10. The Balaban J connectivity index is 2.13. The molecule has 0 saturated carbocycles. The molecule has 0 bridgehead atoms. The van der Waals surface area contributed by atoms with Crippen molar-refractivity contribution in [3.05, 3.63) is 53.6 Å². The molecule has 0 radical (unpaired) electrons. The molecule has 0 fully saturated rings. The Kier molecular flexibility index (Phi) is 5.15. The molecule has 0 saturated heterocycles. The third-order valence-corrected chi connectivity index (χ3v) is 3.94. The molecule has 1 aliphatic rings. The lowest BCUT2D eigenvalue weighted by molar-refractivity contribution is 0.0951. The fraction of sp³-hybridized carbons (Fsp3) is 0.333. The van der Waals surface area contributed by atoms with Crippen LogP contribution in [0.4, 0.5) is 0 Å². The topological polar surface area (TPSA) is 50.7 Å². The standard InChI is InChI=1S/C18H22N2O2/c1-12(2)14-10-9-13(3)16(11-14)19-20-18(21)15-7-5-6-8-17(15)22-4/h5-9,14H,1,10-11H2,2-4H3,(H,20,21)/b19-16+. The number of hydrogen-bond donors (Lipinski definition) is 1. The summed E-state index contributed by atoms with van der Waals surface area (Å²) in [7, 11) is 1.55. The van der Waals surface area contributed by atoms with Crippen molar-refractivity contribution in [3.8, 4) is 5.75 Å². The number of methoxy groups -OCH3 is 1. The van der Waals surface area contributed by atoms with Gasteiger partial charge in [-0.15, -0.1) is 0 Å². The summed E-state index contributed by atoms with van der Waals surface area (Å²) < 4.78 is 5.20. The second-order valence-corrected chi connectivity index (χ2v) is 5.57. The SMILES string of the molecule is C=C(C)C1CC=C(C)/C(=N/NC(=O)c2ccccc2OC)C1. The van der Waals surface area contributed by atoms with E-state index in [1.807, 2.05) is 19.9 Å². The van der Waals surface area contributed by atoms with Gasteiger partial charge in [0, 0.05) is 0 Å². The molecule has 0 aromatic heterocycles. The Morgan fingerprint density at radius 1 is 1.41 bits per heavy atom. The minimum absolute atomic E-state index is 0.268. The Labute approximate surface area is 131 Å². The molecule has 0 spiro atoms. The average Bonchev–Trinajstić information content (AvgIpc) is 2.53. The van der Waals surface area contributed by atoms with Gasteiger partial charge in [0.1, 0.15) is 5.75 Å². The molecule has 4 nitrogen and oxygen atoms in total. The molecule has 1 unspecified atom stereocenters. The molecule has 116 valence electrons. The second kappa shape index (κ2) is 7.07. The van der Waals surface area contributed by atoms with E-state index in [9.17, 15) is 4.79 Å². The monoisotopic (exact) mass is 298 g/mol. The van der Waals surface area contributed by atoms with E-state index < -0.39 is 0 Å². The maximum absolute atomic E-state index is 12.3. The normalized spacial score (nSPS) is 19.5. The van der Waals surface area contributed by atoms with Crippen LogP contribution in [0.2, 0.25) is 0 Å². The molecule has 4 heteroatoms. The first-order chi connectivity index (χ1) is 10.5. The van der Waals surface area contributed by atoms with Crippen LogP contribution in [0.5, 0.6) is 5.75 Å². The van der Waals surface area contributed by atoms with Crippen LogP contribution in [0.15, 0.2) is 53.2 Å². The second-order valence-electron chi connectivity index (χ2n) is 5.57. The number of rotatable bonds is 4. The number of allylic oxidation sites excluding steroid dienone is 3. The smallest absolute Gasteiger partial charge is 0.275 e. The summed E-state index contributed by atoms with van der Waals surface area (Å²) in [6.45, 7) is 8.06. The lowest BCUT2D eigenvalue weighted by atomic mass is 9.85. The molecule has 0 aliphatic heterocycles. The number of para-hydroxylation sites is 1. The maximum Gasteiger partial charge on any atom is 0.275 e. The summed E-state index contributed by atoms with van der Waals surface area (Å²) in [5, 5.41) is 4.30. The molecular weight excluding hydrogens is 276 g/mol. The highest BCUT2D eigenvalue weighted by molar-refractivity contribution is 6.03. The largest absolute Gasteiger partial charge is 0.496 e. The summed E-state index contributed by atoms with van der Waals surface area (Å²) in [5.41, 5.74) is 6.27. The van der Waals surface area contributed by atoms with Gasteiger partial charge < -0.3 is 4.74 Å². The highest BCUT2D eigenvalue weighted by Crippen LogP contribution is 2.26. The van der Waals surface area contributed by atoms with Crippen molar-refractivity contribution < 1.29 is 9.53 Å². The van der Waals surface area contributed by atoms with Crippen molar-refractivity contribution >= 4 is 11.6 Å². The number of nitrogens with one attached hydrogen (secondary N) is 1. The zero-order valence-corrected chi connectivity index (χ0v) is 13.3. The number of hydrazone groups is 1. The highest BCUT2D eigenvalue weighted by Gasteiger charge is 2.19. The molecular formula is C18H22N2O2. The first-order valence-electron chi connectivity index (χ1n) is 7.35. The molecule has 1 N–H and O–H groups in total. The molecule has 1 atom stereocenters. The van der Waals surface area contributed by atoms with E-state index in [1.165, 1.54) is 0 Å². The van der Waals surface area contributed by atoms with Gasteiger partial charge in [-0.25, -0.2) is 5.43 Å². The predicted octanol–water partition coefficient (Wildman–Crippen LogP) is 3.71. The highest BCUT2D eigenvalue weighted by atomic mass is 16.5. The predicted molar refractivity (Wildman–Crippen MR) is 89.2 cm³/mol. The van der Waals surface area contributed by atoms with Crippen LogP contribution in [0.1, 0.15) is 37.0 Å². The van der Waals surface area contributed by atoms with E-state index in [0.29, 0.717) is 17.2 Å². The van der Waals surface area contributed by atoms with Crippen LogP contribution < -0.4 is 10.2 Å². The van der Waals surface area contributed by atoms with Crippen molar-refractivity contribution in [2.24, 2.45) is 11.0 Å². The Hall–Kier alpha value is -2.36. The van der Waals surface area contributed by atoms with Gasteiger partial charge in [0.25, 0.3) is 5.91 Å². The van der Waals surface area contributed by atoms with Gasteiger partial charge in [0.05, 0.1) is 18.4 Å². The number of ether oxygens (including phenoxy) is 1. The summed E-state index contributed by atoms with van der Waals surface area (Å²) in [6.07, 6.45) is 3.95. The van der Waals surface area contributed by atoms with E-state index in [2.05, 4.69) is 23.2 Å². The van der Waals surface area contributed by atoms with Gasteiger partial charge in [0.15, 0.2) is 0 Å². The van der Waals surface area contributed by atoms with E-state index >= 15 is 0 Å². The number of carbonyl (C=O) groups is 1. The number of hydrogen-bond acceptors (Lipinski definition) is 3. The van der Waals surface area contributed by atoms with Crippen molar-refractivity contribution in [1.29, 1.82) is 0 Å². The Morgan fingerprint density at radius 2 is 2.14 bits per heavy atom. The lowest BCUT2D eigenvalue weighted by Crippen LogP contribution is -2.23. The van der Waals surface area contributed by atoms with E-state index in [4.69, 9.17) is 4.74 Å². The molecule has 1 aromatic carbocycles. The molecule has 0 heterocycles. The van der Waals surface area contributed by atoms with Gasteiger partial charge in [0.2, 0.25) is 0 Å². The fourth-order valence-corrected chi connectivity index (χ4v) is 2.43. The van der Waals surface area contributed by atoms with Crippen molar-refractivity contribution in [1.82, 2.24) is 5.43 Å².